The van der Waals surface area contributed by atoms with Gasteiger partial charge in [0.2, 0.25) is 0 Å². The molecule has 1 aliphatic carbocycles. The van der Waals surface area contributed by atoms with Crippen LogP contribution in [-0.2, 0) is 13.8 Å². The predicted molar refractivity (Wildman–Crippen MR) is 76.9 cm³/mol. The van der Waals surface area contributed by atoms with Crippen LogP contribution < -0.4 is 5.32 Å². The number of nitrogens with one attached hydrogen (secondary N) is 2. The number of H-pyrrole nitrogens is 1. The standard InChI is InChI=1S/C12H18ClN3O4S/c1-8-11(21(13,18)19)10(16-15-8)12(17)14-5-2-6-20-7-9-3-4-9/h9H,2-7H2,1H3,(H,14,17)(H,15,16). The van der Waals surface area contributed by atoms with Crippen LogP contribution in [0.5, 0.6) is 0 Å². The molecular weight excluding hydrogens is 318 g/mol. The van der Waals surface area contributed by atoms with Crippen molar-refractivity contribution in [2.75, 3.05) is 19.8 Å². The minimum atomic E-state index is -4.01. The fourth-order valence-corrected chi connectivity index (χ4v) is 3.21. The molecule has 0 bridgehead atoms. The van der Waals surface area contributed by atoms with E-state index in [2.05, 4.69) is 15.5 Å². The number of hydrogen-bond acceptors (Lipinski definition) is 5. The van der Waals surface area contributed by atoms with E-state index in [0.29, 0.717) is 25.5 Å². The van der Waals surface area contributed by atoms with Crippen molar-refractivity contribution < 1.29 is 17.9 Å². The zero-order chi connectivity index (χ0) is 15.5. The van der Waals surface area contributed by atoms with Gasteiger partial charge in [-0.25, -0.2) is 8.42 Å². The number of aromatic nitrogens is 2. The third-order valence-electron chi connectivity index (χ3n) is 3.15. The van der Waals surface area contributed by atoms with E-state index in [4.69, 9.17) is 15.4 Å². The van der Waals surface area contributed by atoms with Crippen molar-refractivity contribution in [3.63, 3.8) is 0 Å². The SMILES string of the molecule is Cc1[nH]nc(C(=O)NCCCOCC2CC2)c1S(=O)(=O)Cl. The lowest BCUT2D eigenvalue weighted by Gasteiger charge is -2.05. The van der Waals surface area contributed by atoms with Crippen molar-refractivity contribution in [1.29, 1.82) is 0 Å². The van der Waals surface area contributed by atoms with Gasteiger partial charge in [0.15, 0.2) is 5.69 Å². The Kier molecular flexibility index (Phi) is 5.23. The van der Waals surface area contributed by atoms with E-state index in [1.807, 2.05) is 0 Å². The summed E-state index contributed by atoms with van der Waals surface area (Å²) in [5, 5.41) is 8.76. The average molecular weight is 336 g/mol. The van der Waals surface area contributed by atoms with Crippen LogP contribution in [0.2, 0.25) is 0 Å². The highest BCUT2D eigenvalue weighted by Crippen LogP contribution is 2.28. The number of amides is 1. The molecular formula is C12H18ClN3O4S. The maximum atomic E-state index is 11.9. The molecule has 1 amide bonds. The highest BCUT2D eigenvalue weighted by Gasteiger charge is 2.26. The quantitative estimate of drug-likeness (QED) is 0.549. The lowest BCUT2D eigenvalue weighted by Crippen LogP contribution is -2.26. The number of ether oxygens (including phenoxy) is 1. The van der Waals surface area contributed by atoms with Gasteiger partial charge in [0.25, 0.3) is 15.0 Å². The molecule has 21 heavy (non-hydrogen) atoms. The van der Waals surface area contributed by atoms with Crippen LogP contribution in [-0.4, -0.2) is 44.3 Å². The molecule has 1 aliphatic rings. The Morgan fingerprint density at radius 1 is 1.52 bits per heavy atom. The molecule has 1 aromatic rings. The molecule has 0 aliphatic heterocycles. The molecule has 1 aromatic heterocycles. The van der Waals surface area contributed by atoms with Crippen LogP contribution in [0.25, 0.3) is 0 Å². The van der Waals surface area contributed by atoms with Crippen molar-refractivity contribution in [2.45, 2.75) is 31.1 Å². The zero-order valence-electron chi connectivity index (χ0n) is 11.7. The van der Waals surface area contributed by atoms with E-state index in [9.17, 15) is 13.2 Å². The topological polar surface area (TPSA) is 101 Å². The van der Waals surface area contributed by atoms with E-state index < -0.39 is 15.0 Å². The molecule has 7 nitrogen and oxygen atoms in total. The first-order valence-corrected chi connectivity index (χ1v) is 9.06. The Morgan fingerprint density at radius 3 is 2.86 bits per heavy atom. The minimum Gasteiger partial charge on any atom is -0.381 e. The van der Waals surface area contributed by atoms with E-state index in [1.165, 1.54) is 19.8 Å². The minimum absolute atomic E-state index is 0.207. The summed E-state index contributed by atoms with van der Waals surface area (Å²) in [6.07, 6.45) is 3.14. The Balaban J connectivity index is 1.80. The van der Waals surface area contributed by atoms with Crippen molar-refractivity contribution in [2.24, 2.45) is 5.92 Å². The molecule has 1 saturated carbocycles. The Morgan fingerprint density at radius 2 is 2.24 bits per heavy atom. The molecule has 0 aromatic carbocycles. The highest BCUT2D eigenvalue weighted by molar-refractivity contribution is 8.13. The van der Waals surface area contributed by atoms with Gasteiger partial charge in [-0.3, -0.25) is 9.89 Å². The van der Waals surface area contributed by atoms with Gasteiger partial charge in [-0.15, -0.1) is 0 Å². The van der Waals surface area contributed by atoms with Crippen LogP contribution >= 0.6 is 10.7 Å². The lowest BCUT2D eigenvalue weighted by atomic mass is 10.3. The summed E-state index contributed by atoms with van der Waals surface area (Å²) in [6.45, 7) is 3.22. The molecule has 0 atom stereocenters. The van der Waals surface area contributed by atoms with Crippen LogP contribution in [0.15, 0.2) is 4.90 Å². The average Bonchev–Trinajstić information content (AvgIpc) is 3.12. The molecule has 0 radical (unpaired) electrons. The Bertz CT molecular complexity index is 610. The Labute approximate surface area is 127 Å². The van der Waals surface area contributed by atoms with Crippen LogP contribution in [0, 0.1) is 12.8 Å². The van der Waals surface area contributed by atoms with Crippen molar-refractivity contribution in [1.82, 2.24) is 15.5 Å². The number of rotatable bonds is 8. The lowest BCUT2D eigenvalue weighted by molar-refractivity contribution is 0.0929. The first-order chi connectivity index (χ1) is 9.89. The summed E-state index contributed by atoms with van der Waals surface area (Å²) in [4.78, 5) is 11.6. The monoisotopic (exact) mass is 335 g/mol. The number of halogens is 1. The summed E-state index contributed by atoms with van der Waals surface area (Å²) in [7, 11) is 1.29. The summed E-state index contributed by atoms with van der Waals surface area (Å²) >= 11 is 0. The summed E-state index contributed by atoms with van der Waals surface area (Å²) in [5.74, 6) is 0.142. The second-order valence-corrected chi connectivity index (χ2v) is 7.59. The van der Waals surface area contributed by atoms with E-state index in [-0.39, 0.29) is 16.3 Å². The van der Waals surface area contributed by atoms with Crippen molar-refractivity contribution in [3.8, 4) is 0 Å². The fourth-order valence-electron chi connectivity index (χ4n) is 1.87. The van der Waals surface area contributed by atoms with Crippen molar-refractivity contribution in [3.05, 3.63) is 11.4 Å². The van der Waals surface area contributed by atoms with Gasteiger partial charge >= 0.3 is 0 Å². The maximum absolute atomic E-state index is 11.9. The predicted octanol–water partition coefficient (Wildman–Crippen LogP) is 1.19. The molecule has 9 heteroatoms. The molecule has 2 rings (SSSR count). The van der Waals surface area contributed by atoms with E-state index >= 15 is 0 Å². The second kappa shape index (κ2) is 6.76. The largest absolute Gasteiger partial charge is 0.381 e. The first kappa shape index (κ1) is 16.3. The molecule has 0 spiro atoms. The molecule has 118 valence electrons. The van der Waals surface area contributed by atoms with Gasteiger partial charge in [0.05, 0.1) is 5.69 Å². The molecule has 2 N–H and O–H groups in total. The van der Waals surface area contributed by atoms with Gasteiger partial charge < -0.3 is 10.1 Å². The number of hydrogen-bond donors (Lipinski definition) is 2. The third-order valence-corrected chi connectivity index (χ3v) is 4.60. The maximum Gasteiger partial charge on any atom is 0.273 e. The van der Waals surface area contributed by atoms with E-state index in [1.54, 1.807) is 0 Å². The summed E-state index contributed by atoms with van der Waals surface area (Å²) in [6, 6.07) is 0. The van der Waals surface area contributed by atoms with Gasteiger partial charge in [0.1, 0.15) is 4.90 Å². The molecule has 1 fully saturated rings. The second-order valence-electron chi connectivity index (χ2n) is 5.09. The van der Waals surface area contributed by atoms with Crippen molar-refractivity contribution >= 4 is 25.6 Å². The van der Waals surface area contributed by atoms with Crippen LogP contribution in [0.4, 0.5) is 0 Å². The van der Waals surface area contributed by atoms with Crippen LogP contribution in [0.3, 0.4) is 0 Å². The van der Waals surface area contributed by atoms with Crippen LogP contribution in [0.1, 0.15) is 35.4 Å². The normalized spacial score (nSPS) is 15.1. The number of nitrogens with zero attached hydrogens (tertiary/aromatic N) is 1. The van der Waals surface area contributed by atoms with Gasteiger partial charge in [-0.1, -0.05) is 0 Å². The summed E-state index contributed by atoms with van der Waals surface area (Å²) in [5.41, 5.74) is 0.0318. The molecule has 0 saturated heterocycles. The number of aromatic amines is 1. The third kappa shape index (κ3) is 4.69. The van der Waals surface area contributed by atoms with Gasteiger partial charge in [-0.05, 0) is 32.1 Å². The number of aryl methyl sites for hydroxylation is 1. The zero-order valence-corrected chi connectivity index (χ0v) is 13.3. The number of carbonyl (C=O) groups excluding carboxylic acids is 1. The first-order valence-electron chi connectivity index (χ1n) is 6.75. The Hall–Kier alpha value is -1.12. The molecule has 0 unspecified atom stereocenters. The smallest absolute Gasteiger partial charge is 0.273 e. The summed E-state index contributed by atoms with van der Waals surface area (Å²) < 4.78 is 28.3. The van der Waals surface area contributed by atoms with E-state index in [0.717, 1.165) is 6.61 Å². The van der Waals surface area contributed by atoms with Gasteiger partial charge in [-0.2, -0.15) is 5.10 Å². The van der Waals surface area contributed by atoms with Gasteiger partial charge in [0, 0.05) is 30.4 Å². The fraction of sp³-hybridized carbons (Fsp3) is 0.667. The molecule has 1 heterocycles. The highest BCUT2D eigenvalue weighted by atomic mass is 35.7. The number of carbonyl (C=O) groups is 1.